The average molecular weight is 365 g/mol. The zero-order valence-corrected chi connectivity index (χ0v) is 15.9. The van der Waals surface area contributed by atoms with E-state index in [2.05, 4.69) is 5.32 Å². The van der Waals surface area contributed by atoms with Gasteiger partial charge in [-0.25, -0.2) is 12.7 Å². The van der Waals surface area contributed by atoms with Crippen LogP contribution in [0.2, 0.25) is 0 Å². The molecule has 138 valence electrons. The molecule has 0 aromatic heterocycles. The maximum absolute atomic E-state index is 12.7. The fourth-order valence-electron chi connectivity index (χ4n) is 3.62. The van der Waals surface area contributed by atoms with Crippen molar-refractivity contribution in [3.63, 3.8) is 0 Å². The Bertz CT molecular complexity index is 703. The third-order valence-corrected chi connectivity index (χ3v) is 7.70. The molecular weight excluding hydrogens is 336 g/mol. The number of carbonyl (C=O) groups excluding carboxylic acids is 1. The number of rotatable bonds is 6. The smallest absolute Gasteiger partial charge is 0.251 e. The Labute approximate surface area is 150 Å². The highest BCUT2D eigenvalue weighted by atomic mass is 32.2. The lowest BCUT2D eigenvalue weighted by atomic mass is 9.83. The summed E-state index contributed by atoms with van der Waals surface area (Å²) < 4.78 is 26.4. The molecular formula is C19H28N2O3S. The molecule has 0 radical (unpaired) electrons. The van der Waals surface area contributed by atoms with Gasteiger partial charge >= 0.3 is 0 Å². The topological polar surface area (TPSA) is 66.5 Å². The highest BCUT2D eigenvalue weighted by Gasteiger charge is 2.43. The first-order valence-corrected chi connectivity index (χ1v) is 10.7. The third-order valence-electron chi connectivity index (χ3n) is 5.43. The SMILES string of the molecule is CC(C)S(=O)(=O)N1CCC(CC2CC2)(NC(=O)c2ccccc2)CC1. The summed E-state index contributed by atoms with van der Waals surface area (Å²) in [5.41, 5.74) is 0.381. The van der Waals surface area contributed by atoms with E-state index in [1.165, 1.54) is 12.8 Å². The molecule has 2 aliphatic rings. The highest BCUT2D eigenvalue weighted by Crippen LogP contribution is 2.41. The number of piperidine rings is 1. The van der Waals surface area contributed by atoms with Crippen molar-refractivity contribution < 1.29 is 13.2 Å². The van der Waals surface area contributed by atoms with Gasteiger partial charge in [-0.1, -0.05) is 31.0 Å². The van der Waals surface area contributed by atoms with Crippen LogP contribution < -0.4 is 5.32 Å². The Balaban J connectivity index is 1.72. The van der Waals surface area contributed by atoms with E-state index in [0.29, 0.717) is 37.4 Å². The van der Waals surface area contributed by atoms with E-state index < -0.39 is 15.3 Å². The first-order valence-electron chi connectivity index (χ1n) is 9.19. The van der Waals surface area contributed by atoms with Gasteiger partial charge in [0.1, 0.15) is 0 Å². The van der Waals surface area contributed by atoms with Crippen molar-refractivity contribution in [2.24, 2.45) is 5.92 Å². The van der Waals surface area contributed by atoms with Gasteiger partial charge < -0.3 is 5.32 Å². The van der Waals surface area contributed by atoms with Crippen LogP contribution in [0.15, 0.2) is 30.3 Å². The zero-order valence-electron chi connectivity index (χ0n) is 15.1. The molecule has 1 saturated heterocycles. The molecule has 25 heavy (non-hydrogen) atoms. The molecule has 1 aromatic carbocycles. The van der Waals surface area contributed by atoms with Crippen molar-refractivity contribution in [2.75, 3.05) is 13.1 Å². The van der Waals surface area contributed by atoms with Crippen LogP contribution in [0.25, 0.3) is 0 Å². The van der Waals surface area contributed by atoms with Crippen LogP contribution >= 0.6 is 0 Å². The lowest BCUT2D eigenvalue weighted by Gasteiger charge is -2.42. The van der Waals surface area contributed by atoms with Crippen molar-refractivity contribution in [3.8, 4) is 0 Å². The quantitative estimate of drug-likeness (QED) is 0.844. The van der Waals surface area contributed by atoms with Crippen LogP contribution in [-0.4, -0.2) is 42.5 Å². The lowest BCUT2D eigenvalue weighted by molar-refractivity contribution is 0.0836. The summed E-state index contributed by atoms with van der Waals surface area (Å²) in [5.74, 6) is 0.616. The molecule has 0 unspecified atom stereocenters. The number of hydrogen-bond donors (Lipinski definition) is 1. The molecule has 5 nitrogen and oxygen atoms in total. The number of sulfonamides is 1. The Morgan fingerprint density at radius 1 is 1.20 bits per heavy atom. The van der Waals surface area contributed by atoms with Crippen LogP contribution in [-0.2, 0) is 10.0 Å². The largest absolute Gasteiger partial charge is 0.346 e. The van der Waals surface area contributed by atoms with Crippen molar-refractivity contribution in [1.29, 1.82) is 0 Å². The fourth-order valence-corrected chi connectivity index (χ4v) is 4.91. The van der Waals surface area contributed by atoms with Crippen LogP contribution in [0.3, 0.4) is 0 Å². The van der Waals surface area contributed by atoms with Crippen molar-refractivity contribution in [3.05, 3.63) is 35.9 Å². The van der Waals surface area contributed by atoms with Gasteiger partial charge in [0, 0.05) is 24.2 Å². The third kappa shape index (κ3) is 4.23. The Morgan fingerprint density at radius 2 is 1.80 bits per heavy atom. The first kappa shape index (κ1) is 18.4. The van der Waals surface area contributed by atoms with Crippen molar-refractivity contribution in [1.82, 2.24) is 9.62 Å². The van der Waals surface area contributed by atoms with Crippen LogP contribution in [0.4, 0.5) is 0 Å². The molecule has 1 aliphatic carbocycles. The van der Waals surface area contributed by atoms with Gasteiger partial charge in [-0.15, -0.1) is 0 Å². The molecule has 6 heteroatoms. The molecule has 1 aromatic rings. The molecule has 1 saturated carbocycles. The van der Waals surface area contributed by atoms with E-state index in [4.69, 9.17) is 0 Å². The van der Waals surface area contributed by atoms with Gasteiger partial charge in [0.15, 0.2) is 0 Å². The predicted molar refractivity (Wildman–Crippen MR) is 98.8 cm³/mol. The van der Waals surface area contributed by atoms with Crippen LogP contribution in [0, 0.1) is 5.92 Å². The molecule has 3 rings (SSSR count). The summed E-state index contributed by atoms with van der Waals surface area (Å²) in [6.07, 6.45) is 4.77. The summed E-state index contributed by atoms with van der Waals surface area (Å²) in [4.78, 5) is 12.7. The van der Waals surface area contributed by atoms with Crippen LogP contribution in [0.5, 0.6) is 0 Å². The average Bonchev–Trinajstić information content (AvgIpc) is 3.39. The summed E-state index contributed by atoms with van der Waals surface area (Å²) in [5, 5.41) is 2.86. The molecule has 2 fully saturated rings. The number of benzene rings is 1. The van der Waals surface area contributed by atoms with E-state index in [0.717, 1.165) is 6.42 Å². The summed E-state index contributed by atoms with van der Waals surface area (Å²) >= 11 is 0. The highest BCUT2D eigenvalue weighted by molar-refractivity contribution is 7.89. The number of nitrogens with zero attached hydrogens (tertiary/aromatic N) is 1. The first-order chi connectivity index (χ1) is 11.8. The molecule has 1 amide bonds. The number of nitrogens with one attached hydrogen (secondary N) is 1. The van der Waals surface area contributed by atoms with E-state index in [-0.39, 0.29) is 11.4 Å². The molecule has 0 atom stereocenters. The second-order valence-electron chi connectivity index (χ2n) is 7.74. The Kier molecular flexibility index (Phi) is 5.21. The minimum absolute atomic E-state index is 0.0542. The van der Waals surface area contributed by atoms with Gasteiger partial charge in [-0.05, 0) is 51.2 Å². The lowest BCUT2D eigenvalue weighted by Crippen LogP contribution is -2.57. The maximum Gasteiger partial charge on any atom is 0.251 e. The second kappa shape index (κ2) is 7.08. The fraction of sp³-hybridized carbons (Fsp3) is 0.632. The molecule has 1 aliphatic heterocycles. The van der Waals surface area contributed by atoms with Gasteiger partial charge in [-0.2, -0.15) is 0 Å². The van der Waals surface area contributed by atoms with Crippen molar-refractivity contribution >= 4 is 15.9 Å². The second-order valence-corrected chi connectivity index (χ2v) is 10.2. The normalized spacial score (nSPS) is 21.2. The van der Waals surface area contributed by atoms with Crippen LogP contribution in [0.1, 0.15) is 56.3 Å². The summed E-state index contributed by atoms with van der Waals surface area (Å²) in [7, 11) is -3.22. The predicted octanol–water partition coefficient (Wildman–Crippen LogP) is 2.79. The Hall–Kier alpha value is -1.40. The maximum atomic E-state index is 12.7. The number of hydrogen-bond acceptors (Lipinski definition) is 3. The molecule has 1 N–H and O–H groups in total. The van der Waals surface area contributed by atoms with E-state index >= 15 is 0 Å². The molecule has 0 spiro atoms. The number of carbonyl (C=O) groups is 1. The molecule has 1 heterocycles. The minimum atomic E-state index is -3.22. The monoisotopic (exact) mass is 364 g/mol. The van der Waals surface area contributed by atoms with E-state index in [1.54, 1.807) is 18.2 Å². The van der Waals surface area contributed by atoms with Gasteiger partial charge in [0.05, 0.1) is 5.25 Å². The van der Waals surface area contributed by atoms with E-state index in [1.807, 2.05) is 30.3 Å². The number of amides is 1. The van der Waals surface area contributed by atoms with Gasteiger partial charge in [0.2, 0.25) is 10.0 Å². The minimum Gasteiger partial charge on any atom is -0.346 e. The molecule has 0 bridgehead atoms. The standard InChI is InChI=1S/C19H28N2O3S/c1-15(2)25(23,24)21-12-10-19(11-13-21,14-16-8-9-16)20-18(22)17-6-4-3-5-7-17/h3-7,15-16H,8-14H2,1-2H3,(H,20,22). The van der Waals surface area contributed by atoms with Gasteiger partial charge in [0.25, 0.3) is 5.91 Å². The van der Waals surface area contributed by atoms with Gasteiger partial charge in [-0.3, -0.25) is 4.79 Å². The summed E-state index contributed by atoms with van der Waals surface area (Å²) in [6, 6.07) is 9.25. The zero-order chi connectivity index (χ0) is 18.1. The Morgan fingerprint density at radius 3 is 2.32 bits per heavy atom. The van der Waals surface area contributed by atoms with E-state index in [9.17, 15) is 13.2 Å². The summed E-state index contributed by atoms with van der Waals surface area (Å²) in [6.45, 7) is 4.42. The van der Waals surface area contributed by atoms with Crippen molar-refractivity contribution in [2.45, 2.75) is 56.7 Å².